The van der Waals surface area contributed by atoms with Crippen LogP contribution in [-0.2, 0) is 13.0 Å². The zero-order valence-electron chi connectivity index (χ0n) is 13.0. The minimum absolute atomic E-state index is 0.383. The molecule has 0 saturated carbocycles. The summed E-state index contributed by atoms with van der Waals surface area (Å²) in [7, 11) is 0. The molecule has 0 aliphatic heterocycles. The van der Waals surface area contributed by atoms with Gasteiger partial charge in [0, 0.05) is 18.7 Å². The third kappa shape index (κ3) is 2.75. The fraction of sp³-hybridized carbons (Fsp3) is 0.500. The summed E-state index contributed by atoms with van der Waals surface area (Å²) in [5.41, 5.74) is 4.35. The van der Waals surface area contributed by atoms with Gasteiger partial charge in [0.2, 0.25) is 0 Å². The van der Waals surface area contributed by atoms with E-state index in [9.17, 15) is 0 Å². The first-order chi connectivity index (χ1) is 10.3. The van der Waals surface area contributed by atoms with Crippen LogP contribution in [0.1, 0.15) is 55.5 Å². The molecule has 1 N–H and O–H groups in total. The van der Waals surface area contributed by atoms with Crippen molar-refractivity contribution in [2.24, 2.45) is 0 Å². The first-order valence-electron chi connectivity index (χ1n) is 8.18. The zero-order chi connectivity index (χ0) is 14.7. The van der Waals surface area contributed by atoms with Gasteiger partial charge in [0.1, 0.15) is 0 Å². The standard InChI is InChI=1S/C18H25N3/c1-3-10-19-18(17-9-11-20-21(17)12-4-2)16-13-14-7-5-6-8-15(14)16/h5-9,11,16,18-19H,3-4,10,12-13H2,1-2H3. The van der Waals surface area contributed by atoms with Crippen molar-refractivity contribution in [1.29, 1.82) is 0 Å². The van der Waals surface area contributed by atoms with E-state index in [1.165, 1.54) is 23.2 Å². The van der Waals surface area contributed by atoms with Crippen LogP contribution in [-0.4, -0.2) is 16.3 Å². The van der Waals surface area contributed by atoms with Crippen molar-refractivity contribution in [3.63, 3.8) is 0 Å². The first-order valence-corrected chi connectivity index (χ1v) is 8.18. The lowest BCUT2D eigenvalue weighted by Crippen LogP contribution is -2.35. The molecule has 0 saturated heterocycles. The number of aromatic nitrogens is 2. The highest BCUT2D eigenvalue weighted by molar-refractivity contribution is 5.42. The molecule has 0 fully saturated rings. The summed E-state index contributed by atoms with van der Waals surface area (Å²) in [6, 6.07) is 11.4. The van der Waals surface area contributed by atoms with Crippen LogP contribution >= 0.6 is 0 Å². The van der Waals surface area contributed by atoms with Crippen molar-refractivity contribution in [2.75, 3.05) is 6.54 Å². The molecule has 1 aromatic carbocycles. The topological polar surface area (TPSA) is 29.9 Å². The molecule has 1 aliphatic rings. The summed E-state index contributed by atoms with van der Waals surface area (Å²) in [5, 5.41) is 8.26. The molecule has 2 aromatic rings. The Morgan fingerprint density at radius 2 is 2.10 bits per heavy atom. The molecule has 0 spiro atoms. The van der Waals surface area contributed by atoms with Crippen molar-refractivity contribution < 1.29 is 0 Å². The van der Waals surface area contributed by atoms with Gasteiger partial charge < -0.3 is 5.32 Å². The Morgan fingerprint density at radius 1 is 1.24 bits per heavy atom. The van der Waals surface area contributed by atoms with E-state index in [0.717, 1.165) is 25.9 Å². The van der Waals surface area contributed by atoms with Crippen LogP contribution in [0.4, 0.5) is 0 Å². The Labute approximate surface area is 127 Å². The van der Waals surface area contributed by atoms with E-state index in [1.54, 1.807) is 0 Å². The van der Waals surface area contributed by atoms with Crippen molar-refractivity contribution in [3.05, 3.63) is 53.3 Å². The molecule has 3 nitrogen and oxygen atoms in total. The van der Waals surface area contributed by atoms with Gasteiger partial charge in [-0.15, -0.1) is 0 Å². The third-order valence-corrected chi connectivity index (χ3v) is 4.41. The predicted octanol–water partition coefficient (Wildman–Crippen LogP) is 3.67. The van der Waals surface area contributed by atoms with Gasteiger partial charge in [0.25, 0.3) is 0 Å². The van der Waals surface area contributed by atoms with E-state index in [2.05, 4.69) is 59.3 Å². The largest absolute Gasteiger partial charge is 0.308 e. The van der Waals surface area contributed by atoms with Gasteiger partial charge in [-0.3, -0.25) is 4.68 Å². The first kappa shape index (κ1) is 14.3. The molecular weight excluding hydrogens is 258 g/mol. The molecule has 112 valence electrons. The van der Waals surface area contributed by atoms with Crippen molar-refractivity contribution in [1.82, 2.24) is 15.1 Å². The molecule has 1 heterocycles. The van der Waals surface area contributed by atoms with Gasteiger partial charge >= 0.3 is 0 Å². The smallest absolute Gasteiger partial charge is 0.0564 e. The molecule has 0 radical (unpaired) electrons. The molecule has 0 amide bonds. The monoisotopic (exact) mass is 283 g/mol. The lowest BCUT2D eigenvalue weighted by molar-refractivity contribution is 0.382. The average Bonchev–Trinajstić information content (AvgIpc) is 2.92. The summed E-state index contributed by atoms with van der Waals surface area (Å²) in [6.45, 7) is 6.49. The summed E-state index contributed by atoms with van der Waals surface area (Å²) in [5.74, 6) is 0.583. The molecule has 1 aromatic heterocycles. The SMILES string of the molecule is CCCNC(c1ccnn1CCC)C1Cc2ccccc21. The number of fused-ring (bicyclic) bond motifs is 1. The second-order valence-corrected chi connectivity index (χ2v) is 5.92. The highest BCUT2D eigenvalue weighted by Crippen LogP contribution is 2.43. The molecule has 1 aliphatic carbocycles. The highest BCUT2D eigenvalue weighted by Gasteiger charge is 2.34. The summed E-state index contributed by atoms with van der Waals surface area (Å²) in [6.07, 6.45) is 5.40. The normalized spacial score (nSPS) is 18.1. The molecule has 21 heavy (non-hydrogen) atoms. The quantitative estimate of drug-likeness (QED) is 0.840. The maximum absolute atomic E-state index is 4.51. The zero-order valence-corrected chi connectivity index (χ0v) is 13.0. The Bertz CT molecular complexity index is 588. The number of nitrogens with one attached hydrogen (secondary N) is 1. The minimum Gasteiger partial charge on any atom is -0.308 e. The van der Waals surface area contributed by atoms with Crippen molar-refractivity contribution >= 4 is 0 Å². The van der Waals surface area contributed by atoms with E-state index in [-0.39, 0.29) is 0 Å². The third-order valence-electron chi connectivity index (χ3n) is 4.41. The van der Waals surface area contributed by atoms with E-state index < -0.39 is 0 Å². The van der Waals surface area contributed by atoms with Crippen LogP contribution in [0.15, 0.2) is 36.5 Å². The lowest BCUT2D eigenvalue weighted by atomic mass is 9.72. The Morgan fingerprint density at radius 3 is 2.86 bits per heavy atom. The van der Waals surface area contributed by atoms with Crippen LogP contribution in [0.2, 0.25) is 0 Å². The maximum Gasteiger partial charge on any atom is 0.0564 e. The molecular formula is C18H25N3. The lowest BCUT2D eigenvalue weighted by Gasteiger charge is -2.37. The van der Waals surface area contributed by atoms with Gasteiger partial charge in [-0.2, -0.15) is 5.10 Å². The molecule has 2 atom stereocenters. The van der Waals surface area contributed by atoms with E-state index in [0.29, 0.717) is 12.0 Å². The van der Waals surface area contributed by atoms with Crippen molar-refractivity contribution in [2.45, 2.75) is 51.6 Å². The average molecular weight is 283 g/mol. The van der Waals surface area contributed by atoms with Gasteiger partial charge in [0.15, 0.2) is 0 Å². The Balaban J connectivity index is 1.87. The fourth-order valence-electron chi connectivity index (χ4n) is 3.35. The van der Waals surface area contributed by atoms with Crippen LogP contribution in [0.25, 0.3) is 0 Å². The number of nitrogens with zero attached hydrogens (tertiary/aromatic N) is 2. The van der Waals surface area contributed by atoms with Gasteiger partial charge in [0.05, 0.1) is 11.7 Å². The van der Waals surface area contributed by atoms with Crippen LogP contribution in [0, 0.1) is 0 Å². The fourth-order valence-corrected chi connectivity index (χ4v) is 3.35. The van der Waals surface area contributed by atoms with Crippen LogP contribution < -0.4 is 5.32 Å². The van der Waals surface area contributed by atoms with Gasteiger partial charge in [-0.1, -0.05) is 38.1 Å². The van der Waals surface area contributed by atoms with Gasteiger partial charge in [-0.05, 0) is 43.0 Å². The molecule has 2 unspecified atom stereocenters. The van der Waals surface area contributed by atoms with E-state index in [4.69, 9.17) is 0 Å². The van der Waals surface area contributed by atoms with Crippen LogP contribution in [0.5, 0.6) is 0 Å². The van der Waals surface area contributed by atoms with Crippen molar-refractivity contribution in [3.8, 4) is 0 Å². The maximum atomic E-state index is 4.51. The second kappa shape index (κ2) is 6.44. The van der Waals surface area contributed by atoms with E-state index >= 15 is 0 Å². The Kier molecular flexibility index (Phi) is 4.39. The number of rotatable bonds is 7. The highest BCUT2D eigenvalue weighted by atomic mass is 15.3. The molecule has 0 bridgehead atoms. The molecule has 3 rings (SSSR count). The summed E-state index contributed by atoms with van der Waals surface area (Å²) in [4.78, 5) is 0. The number of aryl methyl sites for hydroxylation is 1. The van der Waals surface area contributed by atoms with Crippen LogP contribution in [0.3, 0.4) is 0 Å². The minimum atomic E-state index is 0.383. The second-order valence-electron chi connectivity index (χ2n) is 5.92. The summed E-state index contributed by atoms with van der Waals surface area (Å²) < 4.78 is 2.17. The number of benzene rings is 1. The number of hydrogen-bond donors (Lipinski definition) is 1. The predicted molar refractivity (Wildman–Crippen MR) is 86.4 cm³/mol. The number of hydrogen-bond acceptors (Lipinski definition) is 2. The molecule has 3 heteroatoms. The van der Waals surface area contributed by atoms with E-state index in [1.807, 2.05) is 6.20 Å². The Hall–Kier alpha value is -1.61. The van der Waals surface area contributed by atoms with Gasteiger partial charge in [-0.25, -0.2) is 0 Å². The summed E-state index contributed by atoms with van der Waals surface area (Å²) >= 11 is 0.